The number of nitrogens with zero attached hydrogens (tertiary/aromatic N) is 1. The fraction of sp³-hybridized carbons (Fsp3) is 0.667. The molecule has 0 aliphatic heterocycles. The Bertz CT molecular complexity index is 411. The molecule has 0 saturated carbocycles. The molecule has 0 fully saturated rings. The Morgan fingerprint density at radius 1 is 1.58 bits per heavy atom. The average Bonchev–Trinajstić information content (AvgIpc) is 2.76. The number of carbonyl (C=O) groups is 1. The number of hydrogen-bond acceptors (Lipinski definition) is 6. The van der Waals surface area contributed by atoms with Gasteiger partial charge in [-0.2, -0.15) is 0 Å². The molecule has 0 aliphatic rings. The summed E-state index contributed by atoms with van der Waals surface area (Å²) < 4.78 is 15.2. The summed E-state index contributed by atoms with van der Waals surface area (Å²) in [4.78, 5) is 11.5. The van der Waals surface area contributed by atoms with Crippen molar-refractivity contribution in [3.63, 3.8) is 0 Å². The number of methoxy groups -OCH3 is 1. The maximum Gasteiger partial charge on any atom is 0.407 e. The van der Waals surface area contributed by atoms with E-state index in [2.05, 4.69) is 10.5 Å². The fourth-order valence-electron chi connectivity index (χ4n) is 1.38. The zero-order valence-corrected chi connectivity index (χ0v) is 11.7. The predicted molar refractivity (Wildman–Crippen MR) is 69.1 cm³/mol. The van der Waals surface area contributed by atoms with Gasteiger partial charge in [-0.3, -0.25) is 0 Å². The summed E-state index contributed by atoms with van der Waals surface area (Å²) in [5.41, 5.74) is 5.12. The van der Waals surface area contributed by atoms with Crippen LogP contribution in [0.2, 0.25) is 0 Å². The van der Waals surface area contributed by atoms with E-state index >= 15 is 0 Å². The minimum absolute atomic E-state index is 0.177. The molecule has 0 radical (unpaired) electrons. The van der Waals surface area contributed by atoms with Crippen LogP contribution in [0, 0.1) is 0 Å². The van der Waals surface area contributed by atoms with Gasteiger partial charge in [0.2, 0.25) is 0 Å². The topological polar surface area (TPSA) is 99.6 Å². The first-order chi connectivity index (χ1) is 8.85. The van der Waals surface area contributed by atoms with Gasteiger partial charge in [0, 0.05) is 25.1 Å². The molecule has 1 amide bonds. The molecular formula is C12H21N3O4. The van der Waals surface area contributed by atoms with Crippen LogP contribution in [0.15, 0.2) is 10.6 Å². The van der Waals surface area contributed by atoms with Crippen LogP contribution < -0.4 is 15.8 Å². The number of nitrogens with two attached hydrogens (primary N) is 1. The number of hydrogen-bond donors (Lipinski definition) is 2. The Labute approximate surface area is 112 Å². The lowest BCUT2D eigenvalue weighted by molar-refractivity contribution is 0.0523. The molecule has 0 aromatic carbocycles. The van der Waals surface area contributed by atoms with E-state index in [1.54, 1.807) is 26.8 Å². The highest BCUT2D eigenvalue weighted by Crippen LogP contribution is 2.19. The Morgan fingerprint density at radius 2 is 2.26 bits per heavy atom. The van der Waals surface area contributed by atoms with E-state index in [1.165, 1.54) is 7.11 Å². The fourth-order valence-corrected chi connectivity index (χ4v) is 1.38. The number of alkyl carbamates (subject to hydrolysis) is 1. The number of ether oxygens (including phenoxy) is 2. The second kappa shape index (κ2) is 6.42. The van der Waals surface area contributed by atoms with Gasteiger partial charge in [-0.25, -0.2) is 4.79 Å². The molecule has 0 saturated heterocycles. The van der Waals surface area contributed by atoms with Gasteiger partial charge in [-0.1, -0.05) is 0 Å². The highest BCUT2D eigenvalue weighted by molar-refractivity contribution is 5.67. The first-order valence-corrected chi connectivity index (χ1v) is 6.03. The van der Waals surface area contributed by atoms with Crippen molar-refractivity contribution in [1.82, 2.24) is 10.5 Å². The smallest absolute Gasteiger partial charge is 0.407 e. The summed E-state index contributed by atoms with van der Waals surface area (Å²) in [6, 6.07) is 1.65. The molecule has 1 unspecified atom stereocenters. The minimum Gasteiger partial charge on any atom is -0.479 e. The molecule has 1 aromatic rings. The number of amides is 1. The lowest BCUT2D eigenvalue weighted by atomic mass is 10.1. The highest BCUT2D eigenvalue weighted by atomic mass is 16.6. The van der Waals surface area contributed by atoms with Crippen molar-refractivity contribution in [2.45, 2.75) is 32.3 Å². The summed E-state index contributed by atoms with van der Waals surface area (Å²) in [5, 5.41) is 6.34. The third-order valence-electron chi connectivity index (χ3n) is 2.29. The van der Waals surface area contributed by atoms with Crippen molar-refractivity contribution in [2.24, 2.45) is 5.73 Å². The molecule has 7 heteroatoms. The monoisotopic (exact) mass is 271 g/mol. The van der Waals surface area contributed by atoms with Gasteiger partial charge in [-0.05, 0) is 25.9 Å². The standard InChI is InChI=1S/C12H21N3O4/c1-12(2,3)18-11(16)14-7-8(6-13)9-5-10(17-4)15-19-9/h5,8H,6-7,13H2,1-4H3,(H,14,16). The number of aromatic nitrogens is 1. The molecule has 0 bridgehead atoms. The molecule has 3 N–H and O–H groups in total. The summed E-state index contributed by atoms with van der Waals surface area (Å²) in [6.45, 7) is 6.02. The lowest BCUT2D eigenvalue weighted by Crippen LogP contribution is -2.36. The van der Waals surface area contributed by atoms with Gasteiger partial charge >= 0.3 is 6.09 Å². The molecule has 7 nitrogen and oxygen atoms in total. The third kappa shape index (κ3) is 5.17. The molecule has 1 rings (SSSR count). The van der Waals surface area contributed by atoms with Gasteiger partial charge in [0.25, 0.3) is 5.88 Å². The van der Waals surface area contributed by atoms with Crippen LogP contribution in [-0.4, -0.2) is 37.1 Å². The summed E-state index contributed by atoms with van der Waals surface area (Å²) in [5.74, 6) is 0.769. The van der Waals surface area contributed by atoms with Gasteiger partial charge in [0.15, 0.2) is 0 Å². The maximum atomic E-state index is 11.5. The van der Waals surface area contributed by atoms with E-state index < -0.39 is 11.7 Å². The molecule has 0 spiro atoms. The van der Waals surface area contributed by atoms with Crippen LogP contribution in [-0.2, 0) is 4.74 Å². The third-order valence-corrected chi connectivity index (χ3v) is 2.29. The second-order valence-electron chi connectivity index (χ2n) is 5.09. The normalized spacial score (nSPS) is 12.9. The van der Waals surface area contributed by atoms with Gasteiger partial charge in [-0.15, -0.1) is 0 Å². The average molecular weight is 271 g/mol. The number of nitrogens with one attached hydrogen (secondary N) is 1. The summed E-state index contributed by atoms with van der Waals surface area (Å²) >= 11 is 0. The summed E-state index contributed by atoms with van der Waals surface area (Å²) in [6.07, 6.45) is -0.488. The van der Waals surface area contributed by atoms with Crippen molar-refractivity contribution < 1.29 is 18.8 Å². The van der Waals surface area contributed by atoms with Crippen LogP contribution in [0.25, 0.3) is 0 Å². The molecule has 108 valence electrons. The first kappa shape index (κ1) is 15.3. The minimum atomic E-state index is -0.530. The van der Waals surface area contributed by atoms with Gasteiger partial charge < -0.3 is 25.0 Å². The van der Waals surface area contributed by atoms with Crippen molar-refractivity contribution in [1.29, 1.82) is 0 Å². The predicted octanol–water partition coefficient (Wildman–Crippen LogP) is 1.25. The number of rotatable bonds is 5. The molecule has 19 heavy (non-hydrogen) atoms. The van der Waals surface area contributed by atoms with E-state index in [0.717, 1.165) is 0 Å². The van der Waals surface area contributed by atoms with E-state index in [-0.39, 0.29) is 5.92 Å². The molecule has 1 atom stereocenters. The Balaban J connectivity index is 2.51. The van der Waals surface area contributed by atoms with Crippen LogP contribution in [0.5, 0.6) is 5.88 Å². The zero-order chi connectivity index (χ0) is 14.5. The molecule has 0 aliphatic carbocycles. The van der Waals surface area contributed by atoms with Gasteiger partial charge in [0.05, 0.1) is 7.11 Å². The first-order valence-electron chi connectivity index (χ1n) is 6.03. The van der Waals surface area contributed by atoms with Gasteiger partial charge in [0.1, 0.15) is 11.4 Å². The highest BCUT2D eigenvalue weighted by Gasteiger charge is 2.20. The van der Waals surface area contributed by atoms with Crippen molar-refractivity contribution in [2.75, 3.05) is 20.2 Å². The Hall–Kier alpha value is -1.76. The number of carbonyl (C=O) groups excluding carboxylic acids is 1. The van der Waals surface area contributed by atoms with Crippen molar-refractivity contribution in [3.05, 3.63) is 11.8 Å². The largest absolute Gasteiger partial charge is 0.479 e. The Kier molecular flexibility index (Phi) is 5.17. The molecule has 1 heterocycles. The van der Waals surface area contributed by atoms with E-state index in [9.17, 15) is 4.79 Å². The molecule has 1 aromatic heterocycles. The van der Waals surface area contributed by atoms with Crippen molar-refractivity contribution in [3.8, 4) is 5.88 Å². The van der Waals surface area contributed by atoms with Crippen LogP contribution in [0.3, 0.4) is 0 Å². The van der Waals surface area contributed by atoms with E-state index in [4.69, 9.17) is 19.7 Å². The second-order valence-corrected chi connectivity index (χ2v) is 5.09. The quantitative estimate of drug-likeness (QED) is 0.836. The molecular weight excluding hydrogens is 250 g/mol. The SMILES string of the molecule is COc1cc(C(CN)CNC(=O)OC(C)(C)C)on1. The van der Waals surface area contributed by atoms with Crippen LogP contribution >= 0.6 is 0 Å². The Morgan fingerprint density at radius 3 is 2.74 bits per heavy atom. The van der Waals surface area contributed by atoms with Crippen molar-refractivity contribution >= 4 is 6.09 Å². The van der Waals surface area contributed by atoms with Crippen LogP contribution in [0.1, 0.15) is 32.4 Å². The summed E-state index contributed by atoms with van der Waals surface area (Å²) in [7, 11) is 1.50. The lowest BCUT2D eigenvalue weighted by Gasteiger charge is -2.20. The maximum absolute atomic E-state index is 11.5. The van der Waals surface area contributed by atoms with E-state index in [1.807, 2.05) is 0 Å². The van der Waals surface area contributed by atoms with Crippen LogP contribution in [0.4, 0.5) is 4.79 Å². The zero-order valence-electron chi connectivity index (χ0n) is 11.7. The van der Waals surface area contributed by atoms with E-state index in [0.29, 0.717) is 24.7 Å².